The fraction of sp³-hybridized carbons (Fsp3) is 0.316. The van der Waals surface area contributed by atoms with E-state index in [2.05, 4.69) is 74.2 Å². The van der Waals surface area contributed by atoms with Crippen LogP contribution < -0.4 is 4.90 Å². The Hall–Kier alpha value is -1.76. The normalized spacial score (nSPS) is 14.9. The molecule has 1 heteroatoms. The first-order chi connectivity index (χ1) is 9.65. The molecule has 1 heterocycles. The van der Waals surface area contributed by atoms with Gasteiger partial charge in [0.05, 0.1) is 6.04 Å². The summed E-state index contributed by atoms with van der Waals surface area (Å²) >= 11 is 0. The molecule has 0 spiro atoms. The van der Waals surface area contributed by atoms with E-state index in [0.717, 1.165) is 13.0 Å². The Morgan fingerprint density at radius 2 is 1.70 bits per heavy atom. The predicted molar refractivity (Wildman–Crippen MR) is 85.8 cm³/mol. The van der Waals surface area contributed by atoms with Crippen molar-refractivity contribution in [2.45, 2.75) is 39.7 Å². The molecule has 0 aromatic heterocycles. The van der Waals surface area contributed by atoms with Crippen molar-refractivity contribution in [3.8, 4) is 0 Å². The zero-order valence-corrected chi connectivity index (χ0v) is 12.6. The second kappa shape index (κ2) is 5.32. The SMILES string of the molecule is C[C]1Cc2ccccc2N1Cc1ccc(C(C)C)cc1. The number of hydrogen-bond acceptors (Lipinski definition) is 1. The molecule has 1 aliphatic heterocycles. The molecule has 0 saturated carbocycles. The first kappa shape index (κ1) is 13.2. The van der Waals surface area contributed by atoms with E-state index in [4.69, 9.17) is 0 Å². The van der Waals surface area contributed by atoms with Crippen LogP contribution >= 0.6 is 0 Å². The highest BCUT2D eigenvalue weighted by molar-refractivity contribution is 5.62. The zero-order chi connectivity index (χ0) is 14.1. The summed E-state index contributed by atoms with van der Waals surface area (Å²) in [4.78, 5) is 2.44. The van der Waals surface area contributed by atoms with E-state index in [1.165, 1.54) is 28.4 Å². The van der Waals surface area contributed by atoms with Gasteiger partial charge in [0.15, 0.2) is 0 Å². The molecule has 0 N–H and O–H groups in total. The van der Waals surface area contributed by atoms with E-state index in [-0.39, 0.29) is 0 Å². The Morgan fingerprint density at radius 3 is 2.40 bits per heavy atom. The van der Waals surface area contributed by atoms with Crippen LogP contribution in [0.25, 0.3) is 0 Å². The number of nitrogens with zero attached hydrogens (tertiary/aromatic N) is 1. The van der Waals surface area contributed by atoms with E-state index < -0.39 is 0 Å². The molecular formula is C19H22N. The first-order valence-corrected chi connectivity index (χ1v) is 7.42. The predicted octanol–water partition coefficient (Wildman–Crippen LogP) is 4.92. The third-order valence-electron chi connectivity index (χ3n) is 4.18. The van der Waals surface area contributed by atoms with Gasteiger partial charge in [-0.3, -0.25) is 0 Å². The molecule has 103 valence electrons. The minimum Gasteiger partial charge on any atom is -0.359 e. The van der Waals surface area contributed by atoms with Gasteiger partial charge in [-0.1, -0.05) is 56.3 Å². The van der Waals surface area contributed by atoms with E-state index in [0.29, 0.717) is 5.92 Å². The molecule has 1 nitrogen and oxygen atoms in total. The molecule has 2 aromatic rings. The van der Waals surface area contributed by atoms with Crippen LogP contribution in [-0.4, -0.2) is 0 Å². The maximum Gasteiger partial charge on any atom is 0.0650 e. The Morgan fingerprint density at radius 1 is 1.00 bits per heavy atom. The lowest BCUT2D eigenvalue weighted by Crippen LogP contribution is -2.22. The van der Waals surface area contributed by atoms with Gasteiger partial charge in [0.2, 0.25) is 0 Å². The second-order valence-corrected chi connectivity index (χ2v) is 6.02. The largest absolute Gasteiger partial charge is 0.359 e. The van der Waals surface area contributed by atoms with Crippen LogP contribution in [0, 0.1) is 6.04 Å². The van der Waals surface area contributed by atoms with Crippen molar-refractivity contribution in [2.24, 2.45) is 0 Å². The molecule has 1 aliphatic rings. The molecule has 0 unspecified atom stereocenters. The third kappa shape index (κ3) is 2.45. The molecule has 0 bridgehead atoms. The Kier molecular flexibility index (Phi) is 3.52. The van der Waals surface area contributed by atoms with Gasteiger partial charge in [-0.2, -0.15) is 0 Å². The quantitative estimate of drug-likeness (QED) is 0.760. The van der Waals surface area contributed by atoms with Gasteiger partial charge in [0.25, 0.3) is 0 Å². The van der Waals surface area contributed by atoms with Gasteiger partial charge in [-0.15, -0.1) is 0 Å². The number of benzene rings is 2. The number of para-hydroxylation sites is 1. The molecular weight excluding hydrogens is 242 g/mol. The standard InChI is InChI=1S/C19H22N/c1-14(2)17-10-8-16(9-11-17)13-20-15(3)12-18-6-4-5-7-19(18)20/h4-11,14H,12-13H2,1-3H3. The minimum absolute atomic E-state index is 0.602. The summed E-state index contributed by atoms with van der Waals surface area (Å²) < 4.78 is 0. The van der Waals surface area contributed by atoms with Crippen molar-refractivity contribution in [1.29, 1.82) is 0 Å². The lowest BCUT2D eigenvalue weighted by atomic mass is 10.0. The minimum atomic E-state index is 0.602. The van der Waals surface area contributed by atoms with E-state index in [1.54, 1.807) is 0 Å². The van der Waals surface area contributed by atoms with Gasteiger partial charge in [-0.05, 0) is 42.0 Å². The molecule has 20 heavy (non-hydrogen) atoms. The van der Waals surface area contributed by atoms with E-state index >= 15 is 0 Å². The summed E-state index contributed by atoms with van der Waals surface area (Å²) in [6.07, 6.45) is 1.08. The molecule has 0 amide bonds. The Balaban J connectivity index is 1.81. The molecule has 2 aromatic carbocycles. The molecule has 0 saturated heterocycles. The lowest BCUT2D eigenvalue weighted by molar-refractivity contribution is 0.810. The molecule has 3 rings (SSSR count). The second-order valence-electron chi connectivity index (χ2n) is 6.02. The molecule has 0 fully saturated rings. The third-order valence-corrected chi connectivity index (χ3v) is 4.18. The maximum atomic E-state index is 2.44. The van der Waals surface area contributed by atoms with Crippen LogP contribution in [0.15, 0.2) is 48.5 Å². The van der Waals surface area contributed by atoms with Crippen LogP contribution in [0.5, 0.6) is 0 Å². The summed E-state index contributed by atoms with van der Waals surface area (Å²) in [7, 11) is 0. The smallest absolute Gasteiger partial charge is 0.0650 e. The van der Waals surface area contributed by atoms with Crippen molar-refractivity contribution in [2.75, 3.05) is 4.90 Å². The fourth-order valence-corrected chi connectivity index (χ4v) is 2.91. The summed E-state index contributed by atoms with van der Waals surface area (Å²) in [6.45, 7) is 7.69. The van der Waals surface area contributed by atoms with Crippen LogP contribution in [0.3, 0.4) is 0 Å². The van der Waals surface area contributed by atoms with Crippen molar-refractivity contribution in [3.05, 3.63) is 71.3 Å². The Labute approximate surface area is 122 Å². The molecule has 1 radical (unpaired) electrons. The fourth-order valence-electron chi connectivity index (χ4n) is 2.91. The van der Waals surface area contributed by atoms with Gasteiger partial charge in [0.1, 0.15) is 0 Å². The van der Waals surface area contributed by atoms with Gasteiger partial charge >= 0.3 is 0 Å². The Bertz CT molecular complexity index is 583. The van der Waals surface area contributed by atoms with Crippen molar-refractivity contribution in [3.63, 3.8) is 0 Å². The number of hydrogen-bond donors (Lipinski definition) is 0. The summed E-state index contributed by atoms with van der Waals surface area (Å²) in [5.74, 6) is 0.602. The van der Waals surface area contributed by atoms with Crippen LogP contribution in [0.2, 0.25) is 0 Å². The topological polar surface area (TPSA) is 3.24 Å². The number of rotatable bonds is 3. The lowest BCUT2D eigenvalue weighted by Gasteiger charge is -2.24. The highest BCUT2D eigenvalue weighted by Crippen LogP contribution is 2.36. The van der Waals surface area contributed by atoms with Crippen LogP contribution in [0.1, 0.15) is 43.4 Å². The highest BCUT2D eigenvalue weighted by Gasteiger charge is 2.25. The zero-order valence-electron chi connectivity index (χ0n) is 12.6. The summed E-state index contributed by atoms with van der Waals surface area (Å²) in [5, 5.41) is 0. The van der Waals surface area contributed by atoms with Crippen molar-refractivity contribution >= 4 is 5.69 Å². The summed E-state index contributed by atoms with van der Waals surface area (Å²) in [6, 6.07) is 19.2. The highest BCUT2D eigenvalue weighted by atomic mass is 15.2. The van der Waals surface area contributed by atoms with Gasteiger partial charge in [0, 0.05) is 12.2 Å². The summed E-state index contributed by atoms with van der Waals surface area (Å²) in [5.41, 5.74) is 5.61. The molecule has 0 aliphatic carbocycles. The van der Waals surface area contributed by atoms with Crippen LogP contribution in [-0.2, 0) is 13.0 Å². The van der Waals surface area contributed by atoms with E-state index in [1.807, 2.05) is 0 Å². The van der Waals surface area contributed by atoms with Crippen molar-refractivity contribution < 1.29 is 0 Å². The van der Waals surface area contributed by atoms with Crippen LogP contribution in [0.4, 0.5) is 5.69 Å². The monoisotopic (exact) mass is 264 g/mol. The van der Waals surface area contributed by atoms with Gasteiger partial charge < -0.3 is 4.90 Å². The average Bonchev–Trinajstić information content (AvgIpc) is 2.76. The molecule has 0 atom stereocenters. The maximum absolute atomic E-state index is 2.44. The number of anilines is 1. The average molecular weight is 264 g/mol. The van der Waals surface area contributed by atoms with Crippen molar-refractivity contribution in [1.82, 2.24) is 0 Å². The first-order valence-electron chi connectivity index (χ1n) is 7.42. The number of fused-ring (bicyclic) bond motifs is 1. The van der Waals surface area contributed by atoms with Gasteiger partial charge in [-0.25, -0.2) is 0 Å². The van der Waals surface area contributed by atoms with E-state index in [9.17, 15) is 0 Å².